The summed E-state index contributed by atoms with van der Waals surface area (Å²) in [6.45, 7) is 1.08. The highest BCUT2D eigenvalue weighted by molar-refractivity contribution is 6.20. The SMILES string of the molecule is O=C(NC1CCN(c2ccc(C(F)(F)F)cn2)CC1)c1cccc(N2C(=O)CCC2=O)c1. The third kappa shape index (κ3) is 4.58. The molecule has 32 heavy (non-hydrogen) atoms. The third-order valence-corrected chi connectivity index (χ3v) is 5.65. The number of halogens is 3. The summed E-state index contributed by atoms with van der Waals surface area (Å²) in [5.74, 6) is -0.402. The Balaban J connectivity index is 1.34. The zero-order valence-corrected chi connectivity index (χ0v) is 17.1. The van der Waals surface area contributed by atoms with Crippen LogP contribution < -0.4 is 15.1 Å². The van der Waals surface area contributed by atoms with Crippen LogP contribution in [-0.4, -0.2) is 41.8 Å². The Morgan fingerprint density at radius 1 is 1.03 bits per heavy atom. The second-order valence-corrected chi connectivity index (χ2v) is 7.81. The van der Waals surface area contributed by atoms with E-state index in [1.165, 1.54) is 12.1 Å². The van der Waals surface area contributed by atoms with Crippen LogP contribution in [0.3, 0.4) is 0 Å². The van der Waals surface area contributed by atoms with E-state index in [-0.39, 0.29) is 36.6 Å². The van der Waals surface area contributed by atoms with Crippen LogP contribution in [0.5, 0.6) is 0 Å². The molecule has 1 aromatic heterocycles. The Bertz CT molecular complexity index is 1020. The van der Waals surface area contributed by atoms with Gasteiger partial charge in [0.2, 0.25) is 11.8 Å². The van der Waals surface area contributed by atoms with E-state index in [9.17, 15) is 27.6 Å². The van der Waals surface area contributed by atoms with Crippen molar-refractivity contribution < 1.29 is 27.6 Å². The molecule has 0 saturated carbocycles. The van der Waals surface area contributed by atoms with Crippen molar-refractivity contribution in [1.82, 2.24) is 10.3 Å². The van der Waals surface area contributed by atoms with Crippen molar-refractivity contribution in [2.24, 2.45) is 0 Å². The van der Waals surface area contributed by atoms with Crippen molar-refractivity contribution in [2.75, 3.05) is 22.9 Å². The largest absolute Gasteiger partial charge is 0.417 e. The van der Waals surface area contributed by atoms with E-state index in [4.69, 9.17) is 0 Å². The topological polar surface area (TPSA) is 82.6 Å². The molecule has 0 radical (unpaired) electrons. The maximum Gasteiger partial charge on any atom is 0.417 e. The number of carbonyl (C=O) groups is 3. The van der Waals surface area contributed by atoms with Gasteiger partial charge in [-0.3, -0.25) is 19.3 Å². The van der Waals surface area contributed by atoms with Crippen molar-refractivity contribution in [3.63, 3.8) is 0 Å². The predicted octanol–water partition coefficient (Wildman–Crippen LogP) is 3.15. The summed E-state index contributed by atoms with van der Waals surface area (Å²) in [6.07, 6.45) is -2.04. The Hall–Kier alpha value is -3.43. The van der Waals surface area contributed by atoms with Gasteiger partial charge in [0.25, 0.3) is 5.91 Å². The Kier molecular flexibility index (Phi) is 5.86. The first-order valence-electron chi connectivity index (χ1n) is 10.3. The summed E-state index contributed by atoms with van der Waals surface area (Å²) < 4.78 is 38.1. The number of imide groups is 1. The lowest BCUT2D eigenvalue weighted by Gasteiger charge is -2.33. The van der Waals surface area contributed by atoms with Crippen LogP contribution in [0.25, 0.3) is 0 Å². The van der Waals surface area contributed by atoms with Crippen molar-refractivity contribution in [3.05, 3.63) is 53.7 Å². The van der Waals surface area contributed by atoms with Gasteiger partial charge in [-0.05, 0) is 43.2 Å². The minimum Gasteiger partial charge on any atom is -0.356 e. The van der Waals surface area contributed by atoms with Gasteiger partial charge in [-0.25, -0.2) is 4.98 Å². The molecule has 168 valence electrons. The predicted molar refractivity (Wildman–Crippen MR) is 110 cm³/mol. The maximum absolute atomic E-state index is 12.7. The fraction of sp³-hybridized carbons (Fsp3) is 0.364. The lowest BCUT2D eigenvalue weighted by molar-refractivity contribution is -0.137. The van der Waals surface area contributed by atoms with Gasteiger partial charge in [0.1, 0.15) is 5.82 Å². The van der Waals surface area contributed by atoms with Gasteiger partial charge in [0, 0.05) is 43.7 Å². The van der Waals surface area contributed by atoms with Crippen molar-refractivity contribution >= 4 is 29.2 Å². The summed E-state index contributed by atoms with van der Waals surface area (Å²) in [4.78, 5) is 43.5. The van der Waals surface area contributed by atoms with E-state index in [1.807, 2.05) is 4.90 Å². The number of hydrogen-bond acceptors (Lipinski definition) is 5. The van der Waals surface area contributed by atoms with Gasteiger partial charge in [-0.15, -0.1) is 0 Å². The minimum atomic E-state index is -4.42. The quantitative estimate of drug-likeness (QED) is 0.730. The van der Waals surface area contributed by atoms with Crippen LogP contribution >= 0.6 is 0 Å². The van der Waals surface area contributed by atoms with Crippen LogP contribution in [0.4, 0.5) is 24.7 Å². The monoisotopic (exact) mass is 446 g/mol. The second-order valence-electron chi connectivity index (χ2n) is 7.81. The number of piperidine rings is 1. The Labute approximate surface area is 182 Å². The molecule has 3 heterocycles. The van der Waals surface area contributed by atoms with Crippen LogP contribution in [0.15, 0.2) is 42.6 Å². The lowest BCUT2D eigenvalue weighted by atomic mass is 10.0. The number of nitrogens with one attached hydrogen (secondary N) is 1. The molecule has 0 aliphatic carbocycles. The normalized spacial score (nSPS) is 17.7. The van der Waals surface area contributed by atoms with Gasteiger partial charge in [-0.2, -0.15) is 13.2 Å². The van der Waals surface area contributed by atoms with E-state index < -0.39 is 11.7 Å². The zero-order chi connectivity index (χ0) is 22.9. The molecule has 0 unspecified atom stereocenters. The molecular weight excluding hydrogens is 425 g/mol. The van der Waals surface area contributed by atoms with Crippen LogP contribution in [0, 0.1) is 0 Å². The maximum atomic E-state index is 12.7. The first-order chi connectivity index (χ1) is 15.2. The van der Waals surface area contributed by atoms with E-state index in [1.54, 1.807) is 18.2 Å². The second kappa shape index (κ2) is 8.60. The standard InChI is InChI=1S/C22H21F3N4O3/c23-22(24,25)15-4-5-18(26-13-15)28-10-8-16(9-11-28)27-21(32)14-2-1-3-17(12-14)29-19(30)6-7-20(29)31/h1-5,12-13,16H,6-11H2,(H,27,32). The highest BCUT2D eigenvalue weighted by atomic mass is 19.4. The number of benzene rings is 1. The molecule has 2 aliphatic heterocycles. The van der Waals surface area contributed by atoms with Crippen molar-refractivity contribution in [1.29, 1.82) is 0 Å². The fourth-order valence-electron chi connectivity index (χ4n) is 3.91. The van der Waals surface area contributed by atoms with E-state index >= 15 is 0 Å². The molecular formula is C22H21F3N4O3. The molecule has 2 aromatic rings. The molecule has 2 fully saturated rings. The number of hydrogen-bond donors (Lipinski definition) is 1. The van der Waals surface area contributed by atoms with Crippen LogP contribution in [0.1, 0.15) is 41.6 Å². The van der Waals surface area contributed by atoms with E-state index in [0.29, 0.717) is 43.0 Å². The average molecular weight is 446 g/mol. The molecule has 1 N–H and O–H groups in total. The fourth-order valence-corrected chi connectivity index (χ4v) is 3.91. The summed E-state index contributed by atoms with van der Waals surface area (Å²) >= 11 is 0. The van der Waals surface area contributed by atoms with Gasteiger partial charge in [0.15, 0.2) is 0 Å². The number of amides is 3. The molecule has 0 atom stereocenters. The zero-order valence-electron chi connectivity index (χ0n) is 17.1. The molecule has 2 aliphatic rings. The first-order valence-corrected chi connectivity index (χ1v) is 10.3. The van der Waals surface area contributed by atoms with Crippen LogP contribution in [-0.2, 0) is 15.8 Å². The number of carbonyl (C=O) groups excluding carboxylic acids is 3. The molecule has 10 heteroatoms. The van der Waals surface area contributed by atoms with Gasteiger partial charge < -0.3 is 10.2 Å². The Morgan fingerprint density at radius 2 is 1.72 bits per heavy atom. The van der Waals surface area contributed by atoms with Crippen molar-refractivity contribution in [2.45, 2.75) is 37.9 Å². The lowest BCUT2D eigenvalue weighted by Crippen LogP contribution is -2.45. The molecule has 7 nitrogen and oxygen atoms in total. The molecule has 0 bridgehead atoms. The Morgan fingerprint density at radius 3 is 2.31 bits per heavy atom. The smallest absolute Gasteiger partial charge is 0.356 e. The summed E-state index contributed by atoms with van der Waals surface area (Å²) in [5.41, 5.74) is -0.0573. The number of anilines is 2. The highest BCUT2D eigenvalue weighted by Crippen LogP contribution is 2.30. The van der Waals surface area contributed by atoms with Gasteiger partial charge in [-0.1, -0.05) is 6.07 Å². The van der Waals surface area contributed by atoms with Crippen LogP contribution in [0.2, 0.25) is 0 Å². The molecule has 3 amide bonds. The first kappa shape index (κ1) is 21.8. The summed E-state index contributed by atoms with van der Waals surface area (Å²) in [6, 6.07) is 8.65. The average Bonchev–Trinajstić information content (AvgIpc) is 3.12. The molecule has 1 aromatic carbocycles. The van der Waals surface area contributed by atoms with Gasteiger partial charge >= 0.3 is 6.18 Å². The number of nitrogens with zero attached hydrogens (tertiary/aromatic N) is 3. The molecule has 2 saturated heterocycles. The highest BCUT2D eigenvalue weighted by Gasteiger charge is 2.32. The van der Waals surface area contributed by atoms with Crippen molar-refractivity contribution in [3.8, 4) is 0 Å². The number of aromatic nitrogens is 1. The summed E-state index contributed by atoms with van der Waals surface area (Å²) in [5, 5.41) is 2.95. The third-order valence-electron chi connectivity index (χ3n) is 5.65. The van der Waals surface area contributed by atoms with E-state index in [2.05, 4.69) is 10.3 Å². The van der Waals surface area contributed by atoms with Gasteiger partial charge in [0.05, 0.1) is 11.3 Å². The number of pyridine rings is 1. The summed E-state index contributed by atoms with van der Waals surface area (Å²) in [7, 11) is 0. The minimum absolute atomic E-state index is 0.105. The number of rotatable bonds is 4. The van der Waals surface area contributed by atoms with E-state index in [0.717, 1.165) is 17.2 Å². The molecule has 4 rings (SSSR count). The molecule has 0 spiro atoms. The number of alkyl halides is 3.